The van der Waals surface area contributed by atoms with Gasteiger partial charge in [0, 0.05) is 5.02 Å². The molecular formula is C18H14ClNO4S. The van der Waals surface area contributed by atoms with Crippen molar-refractivity contribution < 1.29 is 19.1 Å². The number of aliphatic imine (C=N–C) groups is 1. The Morgan fingerprint density at radius 1 is 1.40 bits per heavy atom. The van der Waals surface area contributed by atoms with E-state index in [1.54, 1.807) is 49.4 Å². The van der Waals surface area contributed by atoms with Crippen LogP contribution < -0.4 is 0 Å². The van der Waals surface area contributed by atoms with Crippen molar-refractivity contribution in [3.8, 4) is 0 Å². The minimum Gasteiger partial charge on any atom is -0.506 e. The number of carbonyl (C=O) groups excluding carboxylic acids is 1. The fourth-order valence-corrected chi connectivity index (χ4v) is 3.36. The topological polar surface area (TPSA) is 72.0 Å². The molecular weight excluding hydrogens is 362 g/mol. The molecule has 0 fully saturated rings. The Bertz CT molecular complexity index is 884. The third-order valence-corrected chi connectivity index (χ3v) is 4.48. The van der Waals surface area contributed by atoms with Gasteiger partial charge >= 0.3 is 5.97 Å². The second-order valence-electron chi connectivity index (χ2n) is 4.97. The lowest BCUT2D eigenvalue weighted by molar-refractivity contribution is -0.138. The summed E-state index contributed by atoms with van der Waals surface area (Å²) < 4.78 is 10.3. The van der Waals surface area contributed by atoms with Crippen molar-refractivity contribution in [3.05, 3.63) is 69.7 Å². The third kappa shape index (κ3) is 3.97. The van der Waals surface area contributed by atoms with E-state index in [9.17, 15) is 9.90 Å². The number of carbonyl (C=O) groups is 1. The zero-order valence-electron chi connectivity index (χ0n) is 13.2. The highest BCUT2D eigenvalue weighted by Gasteiger charge is 2.33. The normalized spacial score (nSPS) is 17.5. The molecule has 128 valence electrons. The van der Waals surface area contributed by atoms with Gasteiger partial charge < -0.3 is 14.3 Å². The zero-order valence-corrected chi connectivity index (χ0v) is 14.8. The van der Waals surface area contributed by atoms with Crippen molar-refractivity contribution >= 4 is 46.1 Å². The van der Waals surface area contributed by atoms with E-state index in [1.165, 1.54) is 6.26 Å². The molecule has 0 aliphatic carbocycles. The van der Waals surface area contributed by atoms with E-state index in [0.29, 0.717) is 26.4 Å². The summed E-state index contributed by atoms with van der Waals surface area (Å²) in [5, 5.41) is 11.4. The number of hydrogen-bond acceptors (Lipinski definition) is 6. The van der Waals surface area contributed by atoms with Crippen LogP contribution in [0.3, 0.4) is 0 Å². The Hall–Kier alpha value is -2.44. The van der Waals surface area contributed by atoms with E-state index in [1.807, 2.05) is 0 Å². The predicted octanol–water partition coefficient (Wildman–Crippen LogP) is 5.13. The molecule has 3 rings (SSSR count). The van der Waals surface area contributed by atoms with Crippen molar-refractivity contribution in [2.75, 3.05) is 6.61 Å². The molecule has 1 aliphatic heterocycles. The molecule has 1 aliphatic rings. The highest BCUT2D eigenvalue weighted by Crippen LogP contribution is 2.40. The van der Waals surface area contributed by atoms with Crippen LogP contribution in [0.1, 0.15) is 12.7 Å². The summed E-state index contributed by atoms with van der Waals surface area (Å²) in [6, 6.07) is 10.4. The number of benzene rings is 1. The predicted molar refractivity (Wildman–Crippen MR) is 99.1 cm³/mol. The minimum absolute atomic E-state index is 0.0321. The van der Waals surface area contributed by atoms with Crippen LogP contribution >= 0.6 is 23.4 Å². The first-order chi connectivity index (χ1) is 12.1. The summed E-state index contributed by atoms with van der Waals surface area (Å²) in [6.07, 6.45) is 3.17. The number of rotatable bonds is 4. The van der Waals surface area contributed by atoms with E-state index in [2.05, 4.69) is 4.99 Å². The molecule has 0 saturated heterocycles. The van der Waals surface area contributed by atoms with Gasteiger partial charge in [-0.1, -0.05) is 29.4 Å². The molecule has 2 heterocycles. The molecule has 0 bridgehead atoms. The Morgan fingerprint density at radius 3 is 2.92 bits per heavy atom. The van der Waals surface area contributed by atoms with Crippen LogP contribution in [-0.4, -0.2) is 22.7 Å². The maximum Gasteiger partial charge on any atom is 0.344 e. The van der Waals surface area contributed by atoms with Gasteiger partial charge in [0.15, 0.2) is 0 Å². The summed E-state index contributed by atoms with van der Waals surface area (Å²) in [7, 11) is 0. The average Bonchev–Trinajstić information content (AvgIpc) is 3.17. The van der Waals surface area contributed by atoms with Crippen molar-refractivity contribution in [2.45, 2.75) is 6.92 Å². The molecule has 7 heteroatoms. The lowest BCUT2D eigenvalue weighted by atomic mass is 10.2. The van der Waals surface area contributed by atoms with Crippen LogP contribution in [0.5, 0.6) is 0 Å². The number of aliphatic hydroxyl groups is 1. The second kappa shape index (κ2) is 7.63. The van der Waals surface area contributed by atoms with Crippen LogP contribution in [0.25, 0.3) is 6.08 Å². The summed E-state index contributed by atoms with van der Waals surface area (Å²) >= 11 is 7.14. The van der Waals surface area contributed by atoms with Gasteiger partial charge in [-0.15, -0.1) is 0 Å². The molecule has 5 nitrogen and oxygen atoms in total. The molecule has 1 aromatic heterocycles. The maximum atomic E-state index is 12.3. The van der Waals surface area contributed by atoms with Crippen molar-refractivity contribution in [1.82, 2.24) is 0 Å². The van der Waals surface area contributed by atoms with Gasteiger partial charge in [-0.05, 0) is 43.3 Å². The van der Waals surface area contributed by atoms with Gasteiger partial charge in [-0.2, -0.15) is 0 Å². The molecule has 1 N–H and O–H groups in total. The molecule has 2 aromatic rings. The van der Waals surface area contributed by atoms with E-state index in [0.717, 1.165) is 11.8 Å². The highest BCUT2D eigenvalue weighted by molar-refractivity contribution is 8.18. The molecule has 0 spiro atoms. The van der Waals surface area contributed by atoms with E-state index in [-0.39, 0.29) is 17.9 Å². The van der Waals surface area contributed by atoms with Gasteiger partial charge in [-0.25, -0.2) is 9.79 Å². The summed E-state index contributed by atoms with van der Waals surface area (Å²) in [5.41, 5.74) is 0.605. The molecule has 1 aromatic carbocycles. The number of esters is 1. The first-order valence-electron chi connectivity index (χ1n) is 7.47. The minimum atomic E-state index is -0.629. The number of thioether (sulfide) groups is 1. The zero-order chi connectivity index (χ0) is 17.8. The number of furan rings is 1. The average molecular weight is 376 g/mol. The number of aliphatic hydroxyl groups excluding tert-OH is 1. The Labute approximate surface area is 153 Å². The van der Waals surface area contributed by atoms with E-state index < -0.39 is 5.97 Å². The standard InChI is InChI=1S/C18H14ClNO4S/c1-2-23-18(22)15-16(21)14(10-13-7-4-8-24-13)25-17(15)20-12-6-3-5-11(19)9-12/h3-10,21H,2H2,1H3/b14-10-,20-17?. The molecule has 0 saturated carbocycles. The van der Waals surface area contributed by atoms with Crippen molar-refractivity contribution in [2.24, 2.45) is 4.99 Å². The monoisotopic (exact) mass is 375 g/mol. The highest BCUT2D eigenvalue weighted by atomic mass is 35.5. The smallest absolute Gasteiger partial charge is 0.344 e. The third-order valence-electron chi connectivity index (χ3n) is 3.23. The fraction of sp³-hybridized carbons (Fsp3) is 0.111. The summed E-state index contributed by atoms with van der Waals surface area (Å²) in [4.78, 5) is 17.2. The number of ether oxygens (including phenoxy) is 1. The Kier molecular flexibility index (Phi) is 5.31. The summed E-state index contributed by atoms with van der Waals surface area (Å²) in [6.45, 7) is 1.90. The molecule has 0 atom stereocenters. The molecule has 0 radical (unpaired) electrons. The van der Waals surface area contributed by atoms with Gasteiger partial charge in [0.2, 0.25) is 0 Å². The largest absolute Gasteiger partial charge is 0.506 e. The first kappa shape index (κ1) is 17.4. The fourth-order valence-electron chi connectivity index (χ4n) is 2.16. The quantitative estimate of drug-likeness (QED) is 0.750. The van der Waals surface area contributed by atoms with Crippen LogP contribution in [0.2, 0.25) is 5.02 Å². The Balaban J connectivity index is 2.04. The van der Waals surface area contributed by atoms with Crippen LogP contribution in [0, 0.1) is 0 Å². The van der Waals surface area contributed by atoms with Gasteiger partial charge in [0.25, 0.3) is 0 Å². The van der Waals surface area contributed by atoms with Crippen LogP contribution in [0.4, 0.5) is 5.69 Å². The molecule has 0 amide bonds. The summed E-state index contributed by atoms with van der Waals surface area (Å²) in [5.74, 6) is -0.252. The van der Waals surface area contributed by atoms with E-state index >= 15 is 0 Å². The van der Waals surface area contributed by atoms with Crippen molar-refractivity contribution in [1.29, 1.82) is 0 Å². The number of hydrogen-bond donors (Lipinski definition) is 1. The Morgan fingerprint density at radius 2 is 2.24 bits per heavy atom. The van der Waals surface area contributed by atoms with Crippen molar-refractivity contribution in [3.63, 3.8) is 0 Å². The lowest BCUT2D eigenvalue weighted by Gasteiger charge is -2.04. The van der Waals surface area contributed by atoms with Crippen LogP contribution in [0.15, 0.2) is 68.3 Å². The van der Waals surface area contributed by atoms with Gasteiger partial charge in [0.1, 0.15) is 22.1 Å². The maximum absolute atomic E-state index is 12.3. The number of halogens is 1. The molecule has 25 heavy (non-hydrogen) atoms. The lowest BCUT2D eigenvalue weighted by Crippen LogP contribution is -2.12. The van der Waals surface area contributed by atoms with Gasteiger partial charge in [-0.3, -0.25) is 0 Å². The van der Waals surface area contributed by atoms with Gasteiger partial charge in [0.05, 0.1) is 23.5 Å². The SMILES string of the molecule is CCOC(=O)C1=C(O)/C(=C/c2ccco2)SC1=Nc1cccc(Cl)c1. The second-order valence-corrected chi connectivity index (χ2v) is 6.43. The molecule has 0 unspecified atom stereocenters. The van der Waals surface area contributed by atoms with E-state index in [4.69, 9.17) is 20.8 Å². The first-order valence-corrected chi connectivity index (χ1v) is 8.66. The van der Waals surface area contributed by atoms with Crippen LogP contribution in [-0.2, 0) is 9.53 Å². The number of nitrogens with zero attached hydrogens (tertiary/aromatic N) is 1.